The zero-order chi connectivity index (χ0) is 9.80. The Morgan fingerprint density at radius 2 is 2.21 bits per heavy atom. The Labute approximate surface area is 96.8 Å². The molecule has 0 unspecified atom stereocenters. The highest BCUT2D eigenvalue weighted by molar-refractivity contribution is 7.99. The van der Waals surface area contributed by atoms with Gasteiger partial charge in [-0.1, -0.05) is 30.6 Å². The molecule has 0 bridgehead atoms. The van der Waals surface area contributed by atoms with Gasteiger partial charge in [0, 0.05) is 6.04 Å². The summed E-state index contributed by atoms with van der Waals surface area (Å²) in [6.45, 7) is 0. The van der Waals surface area contributed by atoms with Crippen molar-refractivity contribution in [2.24, 2.45) is 0 Å². The van der Waals surface area contributed by atoms with Gasteiger partial charge < -0.3 is 0 Å². The summed E-state index contributed by atoms with van der Waals surface area (Å²) in [5.41, 5.74) is 0. The van der Waals surface area contributed by atoms with Crippen LogP contribution in [0.15, 0.2) is 4.34 Å². The molecule has 1 heterocycles. The Bertz CT molecular complexity index is 327. The van der Waals surface area contributed by atoms with Crippen molar-refractivity contribution in [2.45, 2.75) is 42.5 Å². The molecule has 1 fully saturated rings. The van der Waals surface area contributed by atoms with E-state index in [-0.39, 0.29) is 0 Å². The lowest BCUT2D eigenvalue weighted by Gasteiger charge is -2.21. The van der Waals surface area contributed by atoms with Crippen molar-refractivity contribution in [3.8, 4) is 0 Å². The number of aromatic amines is 1. The fourth-order valence-corrected chi connectivity index (χ4v) is 3.55. The van der Waals surface area contributed by atoms with E-state index in [1.165, 1.54) is 43.4 Å². The highest BCUT2D eigenvalue weighted by atomic mass is 32.2. The molecule has 2 rings (SSSR count). The summed E-state index contributed by atoms with van der Waals surface area (Å²) in [5, 5.41) is 6.87. The molecule has 1 aliphatic rings. The van der Waals surface area contributed by atoms with E-state index in [0.29, 0.717) is 6.04 Å². The smallest absolute Gasteiger partial charge is 0.187 e. The number of nitrogens with zero attached hydrogens (tertiary/aromatic N) is 1. The molecule has 14 heavy (non-hydrogen) atoms. The summed E-state index contributed by atoms with van der Waals surface area (Å²) in [6, 6.07) is 0.659. The van der Waals surface area contributed by atoms with Crippen LogP contribution in [0.25, 0.3) is 0 Å². The van der Waals surface area contributed by atoms with Gasteiger partial charge in [0.05, 0.1) is 0 Å². The van der Waals surface area contributed by atoms with Crippen molar-refractivity contribution in [1.29, 1.82) is 0 Å². The molecular formula is C8H13N3S3. The van der Waals surface area contributed by atoms with Crippen LogP contribution in [0.1, 0.15) is 32.1 Å². The second-order valence-corrected chi connectivity index (χ2v) is 6.18. The monoisotopic (exact) mass is 247 g/mol. The summed E-state index contributed by atoms with van der Waals surface area (Å²) >= 11 is 8.10. The number of nitrogens with one attached hydrogen (secondary N) is 2. The molecule has 1 saturated carbocycles. The third-order valence-electron chi connectivity index (χ3n) is 2.34. The van der Waals surface area contributed by atoms with Crippen LogP contribution in [0.2, 0.25) is 0 Å². The van der Waals surface area contributed by atoms with Gasteiger partial charge in [0.2, 0.25) is 0 Å². The first kappa shape index (κ1) is 10.6. The Morgan fingerprint density at radius 1 is 1.43 bits per heavy atom. The van der Waals surface area contributed by atoms with Crippen LogP contribution in [0, 0.1) is 3.95 Å². The number of rotatable bonds is 3. The maximum Gasteiger partial charge on any atom is 0.187 e. The van der Waals surface area contributed by atoms with E-state index in [1.54, 1.807) is 11.9 Å². The normalized spacial score (nSPS) is 18.6. The van der Waals surface area contributed by atoms with Gasteiger partial charge in [0.1, 0.15) is 0 Å². The Hall–Kier alpha value is 0.0900. The number of H-pyrrole nitrogens is 1. The SMILES string of the molecule is S=c1[nH]nc(SNC2CCCCC2)s1. The van der Waals surface area contributed by atoms with Gasteiger partial charge in [-0.15, -0.1) is 0 Å². The fourth-order valence-electron chi connectivity index (χ4n) is 1.61. The predicted octanol–water partition coefficient (Wildman–Crippen LogP) is 3.13. The predicted molar refractivity (Wildman–Crippen MR) is 63.2 cm³/mol. The molecule has 1 aromatic heterocycles. The van der Waals surface area contributed by atoms with Gasteiger partial charge >= 0.3 is 0 Å². The Kier molecular flexibility index (Phi) is 3.98. The summed E-state index contributed by atoms with van der Waals surface area (Å²) in [6.07, 6.45) is 6.69. The molecule has 6 heteroatoms. The Morgan fingerprint density at radius 3 is 2.86 bits per heavy atom. The fraction of sp³-hybridized carbons (Fsp3) is 0.750. The molecular weight excluding hydrogens is 234 g/mol. The lowest BCUT2D eigenvalue weighted by Crippen LogP contribution is -2.25. The first-order chi connectivity index (χ1) is 6.84. The maximum atomic E-state index is 4.96. The van der Waals surface area contributed by atoms with Gasteiger partial charge in [-0.05, 0) is 37.0 Å². The molecule has 3 nitrogen and oxygen atoms in total. The molecule has 0 atom stereocenters. The molecule has 0 aliphatic heterocycles. The van der Waals surface area contributed by atoms with Crippen LogP contribution in [0.5, 0.6) is 0 Å². The van der Waals surface area contributed by atoms with E-state index in [4.69, 9.17) is 12.2 Å². The lowest BCUT2D eigenvalue weighted by atomic mass is 9.96. The Balaban J connectivity index is 1.78. The highest BCUT2D eigenvalue weighted by Crippen LogP contribution is 2.23. The van der Waals surface area contributed by atoms with E-state index in [1.807, 2.05) is 0 Å². The third-order valence-corrected chi connectivity index (χ3v) is 4.44. The largest absolute Gasteiger partial charge is 0.257 e. The van der Waals surface area contributed by atoms with E-state index in [2.05, 4.69) is 14.9 Å². The minimum atomic E-state index is 0.659. The lowest BCUT2D eigenvalue weighted by molar-refractivity contribution is 0.423. The first-order valence-corrected chi connectivity index (χ1v) is 6.86. The second kappa shape index (κ2) is 5.25. The maximum absolute atomic E-state index is 4.96. The topological polar surface area (TPSA) is 40.7 Å². The highest BCUT2D eigenvalue weighted by Gasteiger charge is 2.13. The van der Waals surface area contributed by atoms with Crippen LogP contribution in [-0.4, -0.2) is 16.2 Å². The van der Waals surface area contributed by atoms with Gasteiger partial charge in [-0.25, -0.2) is 0 Å². The van der Waals surface area contributed by atoms with Crippen molar-refractivity contribution in [2.75, 3.05) is 0 Å². The van der Waals surface area contributed by atoms with E-state index in [0.717, 1.165) is 8.29 Å². The molecule has 0 radical (unpaired) electrons. The average molecular weight is 247 g/mol. The molecule has 2 N–H and O–H groups in total. The summed E-state index contributed by atoms with van der Waals surface area (Å²) in [4.78, 5) is 0. The van der Waals surface area contributed by atoms with Crippen molar-refractivity contribution < 1.29 is 0 Å². The standard InChI is InChI=1S/C8H13N3S3/c12-7-9-10-8(13-7)14-11-6-4-2-1-3-5-6/h6,11H,1-5H2,(H,9,12). The van der Waals surface area contributed by atoms with Crippen LogP contribution in [0.4, 0.5) is 0 Å². The number of hydrogen-bond acceptors (Lipinski definition) is 5. The van der Waals surface area contributed by atoms with Gasteiger partial charge in [0.25, 0.3) is 0 Å². The minimum Gasteiger partial charge on any atom is -0.257 e. The average Bonchev–Trinajstić information content (AvgIpc) is 2.63. The van der Waals surface area contributed by atoms with E-state index >= 15 is 0 Å². The van der Waals surface area contributed by atoms with Crippen molar-refractivity contribution in [3.63, 3.8) is 0 Å². The molecule has 0 spiro atoms. The molecule has 78 valence electrons. The van der Waals surface area contributed by atoms with Crippen molar-refractivity contribution in [3.05, 3.63) is 3.95 Å². The van der Waals surface area contributed by atoms with Crippen LogP contribution < -0.4 is 4.72 Å². The van der Waals surface area contributed by atoms with Crippen LogP contribution >= 0.6 is 35.5 Å². The van der Waals surface area contributed by atoms with Crippen molar-refractivity contribution >= 4 is 35.5 Å². The quantitative estimate of drug-likeness (QED) is 0.636. The molecule has 0 amide bonds. The second-order valence-electron chi connectivity index (χ2n) is 3.43. The van der Waals surface area contributed by atoms with E-state index < -0.39 is 0 Å². The van der Waals surface area contributed by atoms with E-state index in [9.17, 15) is 0 Å². The molecule has 1 aromatic rings. The molecule has 1 aliphatic carbocycles. The third kappa shape index (κ3) is 3.05. The molecule has 0 aromatic carbocycles. The first-order valence-electron chi connectivity index (χ1n) is 4.82. The van der Waals surface area contributed by atoms with Crippen LogP contribution in [-0.2, 0) is 0 Å². The van der Waals surface area contributed by atoms with Gasteiger partial charge in [-0.2, -0.15) is 5.10 Å². The van der Waals surface area contributed by atoms with Gasteiger partial charge in [0.15, 0.2) is 8.29 Å². The summed E-state index contributed by atoms with van der Waals surface area (Å²) in [5.74, 6) is 0. The minimum absolute atomic E-state index is 0.659. The number of aromatic nitrogens is 2. The zero-order valence-electron chi connectivity index (χ0n) is 7.78. The zero-order valence-corrected chi connectivity index (χ0v) is 10.2. The number of hydrogen-bond donors (Lipinski definition) is 2. The van der Waals surface area contributed by atoms with Crippen LogP contribution in [0.3, 0.4) is 0 Å². The van der Waals surface area contributed by atoms with Crippen molar-refractivity contribution in [1.82, 2.24) is 14.9 Å². The summed E-state index contributed by atoms with van der Waals surface area (Å²) < 4.78 is 5.18. The molecule has 0 saturated heterocycles. The van der Waals surface area contributed by atoms with Gasteiger partial charge in [-0.3, -0.25) is 9.82 Å². The summed E-state index contributed by atoms with van der Waals surface area (Å²) in [7, 11) is 0.